The number of benzene rings is 2. The van der Waals surface area contributed by atoms with E-state index in [4.69, 9.17) is 16.3 Å². The summed E-state index contributed by atoms with van der Waals surface area (Å²) < 4.78 is 5.55. The molecule has 0 fully saturated rings. The van der Waals surface area contributed by atoms with E-state index in [2.05, 4.69) is 0 Å². The van der Waals surface area contributed by atoms with Gasteiger partial charge in [-0.25, -0.2) is 0 Å². The standard InChI is InChI=1S/C14H12ClNO4/c1-9-7-10(17)5-6-14(9)20-8-11-12(15)3-2-4-13(11)16(18)19/h2-7,17H,8H2,1H3. The molecule has 0 aliphatic carbocycles. The SMILES string of the molecule is Cc1cc(O)ccc1OCc1c(Cl)cccc1[N+](=O)[O-]. The molecule has 1 N–H and O–H groups in total. The number of rotatable bonds is 4. The van der Waals surface area contributed by atoms with Crippen LogP contribution in [0.15, 0.2) is 36.4 Å². The predicted molar refractivity (Wildman–Crippen MR) is 75.3 cm³/mol. The minimum atomic E-state index is -0.492. The van der Waals surface area contributed by atoms with Gasteiger partial charge in [0, 0.05) is 6.07 Å². The van der Waals surface area contributed by atoms with Gasteiger partial charge in [-0.3, -0.25) is 10.1 Å². The molecule has 0 unspecified atom stereocenters. The van der Waals surface area contributed by atoms with Gasteiger partial charge < -0.3 is 9.84 Å². The van der Waals surface area contributed by atoms with Crippen molar-refractivity contribution in [3.63, 3.8) is 0 Å². The summed E-state index contributed by atoms with van der Waals surface area (Å²) in [6.45, 7) is 1.76. The molecular weight excluding hydrogens is 282 g/mol. The second-order valence-corrected chi connectivity index (χ2v) is 4.64. The average Bonchev–Trinajstić information content (AvgIpc) is 2.38. The minimum absolute atomic E-state index is 0.0123. The van der Waals surface area contributed by atoms with Gasteiger partial charge >= 0.3 is 0 Å². The Balaban J connectivity index is 2.25. The van der Waals surface area contributed by atoms with Gasteiger partial charge in [0.05, 0.1) is 15.5 Å². The molecule has 0 heterocycles. The molecule has 0 atom stereocenters. The Morgan fingerprint density at radius 2 is 2.10 bits per heavy atom. The van der Waals surface area contributed by atoms with Crippen molar-refractivity contribution in [1.82, 2.24) is 0 Å². The van der Waals surface area contributed by atoms with Crippen LogP contribution in [0, 0.1) is 17.0 Å². The quantitative estimate of drug-likeness (QED) is 0.686. The Hall–Kier alpha value is -2.27. The van der Waals surface area contributed by atoms with Crippen LogP contribution in [0.1, 0.15) is 11.1 Å². The van der Waals surface area contributed by atoms with Crippen LogP contribution in [0.2, 0.25) is 5.02 Å². The van der Waals surface area contributed by atoms with Gasteiger partial charge in [-0.05, 0) is 36.8 Å². The van der Waals surface area contributed by atoms with E-state index >= 15 is 0 Å². The molecule has 2 rings (SSSR count). The summed E-state index contributed by atoms with van der Waals surface area (Å²) in [7, 11) is 0. The van der Waals surface area contributed by atoms with Crippen LogP contribution in [-0.2, 0) is 6.61 Å². The Morgan fingerprint density at radius 3 is 2.75 bits per heavy atom. The fourth-order valence-electron chi connectivity index (χ4n) is 1.81. The van der Waals surface area contributed by atoms with Crippen LogP contribution in [-0.4, -0.2) is 10.0 Å². The number of aryl methyl sites for hydroxylation is 1. The van der Waals surface area contributed by atoms with Crippen LogP contribution in [0.4, 0.5) is 5.69 Å². The second kappa shape index (κ2) is 5.79. The van der Waals surface area contributed by atoms with Gasteiger partial charge in [-0.2, -0.15) is 0 Å². The molecular formula is C14H12ClNO4. The molecule has 5 nitrogen and oxygen atoms in total. The molecule has 0 aliphatic heterocycles. The van der Waals surface area contributed by atoms with E-state index in [9.17, 15) is 15.2 Å². The van der Waals surface area contributed by atoms with Gasteiger partial charge in [-0.1, -0.05) is 17.7 Å². The largest absolute Gasteiger partial charge is 0.508 e. The number of hydrogen-bond acceptors (Lipinski definition) is 4. The number of hydrogen-bond donors (Lipinski definition) is 1. The zero-order valence-corrected chi connectivity index (χ0v) is 11.4. The average molecular weight is 294 g/mol. The smallest absolute Gasteiger partial charge is 0.277 e. The van der Waals surface area contributed by atoms with Crippen molar-refractivity contribution in [1.29, 1.82) is 0 Å². The molecule has 0 saturated carbocycles. The summed E-state index contributed by atoms with van der Waals surface area (Å²) in [5.41, 5.74) is 0.986. The zero-order chi connectivity index (χ0) is 14.7. The number of nitro groups is 1. The van der Waals surface area contributed by atoms with Crippen molar-refractivity contribution in [2.75, 3.05) is 0 Å². The summed E-state index contributed by atoms with van der Waals surface area (Å²) in [5.74, 6) is 0.676. The van der Waals surface area contributed by atoms with Crippen molar-refractivity contribution in [2.24, 2.45) is 0 Å². The summed E-state index contributed by atoms with van der Waals surface area (Å²) >= 11 is 5.98. The van der Waals surface area contributed by atoms with Crippen molar-refractivity contribution in [2.45, 2.75) is 13.5 Å². The maximum Gasteiger partial charge on any atom is 0.277 e. The Morgan fingerprint density at radius 1 is 1.35 bits per heavy atom. The third-order valence-electron chi connectivity index (χ3n) is 2.82. The van der Waals surface area contributed by atoms with E-state index in [-0.39, 0.29) is 23.1 Å². The third-order valence-corrected chi connectivity index (χ3v) is 3.18. The molecule has 20 heavy (non-hydrogen) atoms. The molecule has 0 radical (unpaired) electrons. The van der Waals surface area contributed by atoms with Gasteiger partial charge in [0.1, 0.15) is 18.1 Å². The monoisotopic (exact) mass is 293 g/mol. The highest BCUT2D eigenvalue weighted by Gasteiger charge is 2.17. The molecule has 0 aliphatic rings. The first-order valence-corrected chi connectivity index (χ1v) is 6.21. The first-order valence-electron chi connectivity index (χ1n) is 5.83. The maximum absolute atomic E-state index is 11.0. The first-order chi connectivity index (χ1) is 9.49. The zero-order valence-electron chi connectivity index (χ0n) is 10.7. The van der Waals surface area contributed by atoms with Crippen molar-refractivity contribution in [3.8, 4) is 11.5 Å². The second-order valence-electron chi connectivity index (χ2n) is 4.23. The Labute approximate surface area is 120 Å². The Kier molecular flexibility index (Phi) is 4.10. The highest BCUT2D eigenvalue weighted by atomic mass is 35.5. The van der Waals surface area contributed by atoms with Crippen molar-refractivity contribution >= 4 is 17.3 Å². The number of aromatic hydroxyl groups is 1. The van der Waals surface area contributed by atoms with Crippen LogP contribution < -0.4 is 4.74 Å². The molecule has 0 bridgehead atoms. The minimum Gasteiger partial charge on any atom is -0.508 e. The number of ether oxygens (including phenoxy) is 1. The Bertz CT molecular complexity index is 658. The van der Waals surface area contributed by atoms with Gasteiger partial charge in [0.2, 0.25) is 0 Å². The molecule has 104 valence electrons. The lowest BCUT2D eigenvalue weighted by molar-refractivity contribution is -0.385. The van der Waals surface area contributed by atoms with Crippen LogP contribution in [0.25, 0.3) is 0 Å². The number of nitro benzene ring substituents is 1. The van der Waals surface area contributed by atoms with E-state index in [1.165, 1.54) is 18.2 Å². The van der Waals surface area contributed by atoms with Crippen molar-refractivity contribution in [3.05, 3.63) is 62.7 Å². The maximum atomic E-state index is 11.0. The van der Waals surface area contributed by atoms with Gasteiger partial charge in [0.15, 0.2) is 0 Å². The summed E-state index contributed by atoms with van der Waals surface area (Å²) in [5, 5.41) is 20.6. The normalized spacial score (nSPS) is 10.3. The lowest BCUT2D eigenvalue weighted by Gasteiger charge is -2.10. The van der Waals surface area contributed by atoms with Crippen LogP contribution in [0.5, 0.6) is 11.5 Å². The lowest BCUT2D eigenvalue weighted by atomic mass is 10.2. The molecule has 2 aromatic carbocycles. The van der Waals surface area contributed by atoms with E-state index in [1.54, 1.807) is 25.1 Å². The van der Waals surface area contributed by atoms with Gasteiger partial charge in [0.25, 0.3) is 5.69 Å². The van der Waals surface area contributed by atoms with Crippen molar-refractivity contribution < 1.29 is 14.8 Å². The molecule has 0 amide bonds. The summed E-state index contributed by atoms with van der Waals surface area (Å²) in [6, 6.07) is 9.13. The first kappa shape index (κ1) is 14.1. The number of phenolic OH excluding ortho intramolecular Hbond substituents is 1. The number of phenols is 1. The summed E-state index contributed by atoms with van der Waals surface area (Å²) in [4.78, 5) is 10.5. The van der Waals surface area contributed by atoms with E-state index in [0.717, 1.165) is 5.56 Å². The van der Waals surface area contributed by atoms with Crippen LogP contribution >= 0.6 is 11.6 Å². The fraction of sp³-hybridized carbons (Fsp3) is 0.143. The predicted octanol–water partition coefficient (Wildman–Crippen LogP) is 3.84. The molecule has 0 saturated heterocycles. The van der Waals surface area contributed by atoms with Gasteiger partial charge in [-0.15, -0.1) is 0 Å². The topological polar surface area (TPSA) is 72.6 Å². The molecule has 6 heteroatoms. The lowest BCUT2D eigenvalue weighted by Crippen LogP contribution is -2.02. The molecule has 2 aromatic rings. The fourth-order valence-corrected chi connectivity index (χ4v) is 2.03. The number of nitrogens with zero attached hydrogens (tertiary/aromatic N) is 1. The van der Waals surface area contributed by atoms with E-state index in [1.807, 2.05) is 0 Å². The van der Waals surface area contributed by atoms with Crippen LogP contribution in [0.3, 0.4) is 0 Å². The summed E-state index contributed by atoms with van der Waals surface area (Å²) in [6.07, 6.45) is 0. The van der Waals surface area contributed by atoms with E-state index in [0.29, 0.717) is 11.3 Å². The highest BCUT2D eigenvalue weighted by molar-refractivity contribution is 6.31. The third kappa shape index (κ3) is 3.00. The molecule has 0 aromatic heterocycles. The number of halogens is 1. The highest BCUT2D eigenvalue weighted by Crippen LogP contribution is 2.29. The molecule has 0 spiro atoms. The van der Waals surface area contributed by atoms with E-state index < -0.39 is 4.92 Å².